The van der Waals surface area contributed by atoms with Crippen molar-refractivity contribution in [3.05, 3.63) is 45.4 Å². The van der Waals surface area contributed by atoms with Gasteiger partial charge in [-0.25, -0.2) is 4.98 Å². The second-order valence-corrected chi connectivity index (χ2v) is 7.88. The van der Waals surface area contributed by atoms with Gasteiger partial charge in [-0.2, -0.15) is 0 Å². The third-order valence-electron chi connectivity index (χ3n) is 4.92. The van der Waals surface area contributed by atoms with Crippen molar-refractivity contribution in [1.82, 2.24) is 10.3 Å². The van der Waals surface area contributed by atoms with E-state index in [-0.39, 0.29) is 11.3 Å². The minimum absolute atomic E-state index is 0.0371. The average Bonchev–Trinajstić information content (AvgIpc) is 3.00. The second kappa shape index (κ2) is 8.18. The van der Waals surface area contributed by atoms with Crippen LogP contribution in [0.15, 0.2) is 24.3 Å². The van der Waals surface area contributed by atoms with E-state index in [0.717, 1.165) is 29.3 Å². The van der Waals surface area contributed by atoms with Gasteiger partial charge in [-0.1, -0.05) is 12.1 Å². The van der Waals surface area contributed by atoms with Crippen molar-refractivity contribution in [2.45, 2.75) is 39.0 Å². The molecule has 1 aliphatic rings. The van der Waals surface area contributed by atoms with E-state index in [1.54, 1.807) is 0 Å². The van der Waals surface area contributed by atoms with Crippen LogP contribution in [0.3, 0.4) is 0 Å². The summed E-state index contributed by atoms with van der Waals surface area (Å²) in [5.74, 6) is 0.836. The molecule has 2 heterocycles. The van der Waals surface area contributed by atoms with Gasteiger partial charge in [0.25, 0.3) is 5.91 Å². The van der Waals surface area contributed by atoms with Gasteiger partial charge in [-0.05, 0) is 51.3 Å². The monoisotopic (exact) mass is 374 g/mol. The number of aromatic nitrogens is 1. The molecule has 1 aliphatic heterocycles. The molecular weight excluding hydrogens is 348 g/mol. The number of amides is 1. The van der Waals surface area contributed by atoms with Crippen molar-refractivity contribution in [3.8, 4) is 5.75 Å². The topological polar surface area (TPSA) is 60.5 Å². The maximum Gasteiger partial charge on any atom is 0.263 e. The van der Waals surface area contributed by atoms with Gasteiger partial charge in [0, 0.05) is 25.2 Å². The Bertz CT molecular complexity index is 749. The van der Waals surface area contributed by atoms with Gasteiger partial charge in [0.1, 0.15) is 10.6 Å². The molecule has 1 aromatic carbocycles. The molecule has 1 saturated heterocycles. The first-order chi connectivity index (χ1) is 12.5. The SMILES string of the molecule is CCOc1ccc(C2(CNC(=O)c3sc(C)nc3C)CCOCC2)cc1. The molecule has 0 atom stereocenters. The molecule has 6 heteroatoms. The first kappa shape index (κ1) is 18.9. The molecule has 0 bridgehead atoms. The molecule has 0 saturated carbocycles. The number of rotatable bonds is 6. The van der Waals surface area contributed by atoms with Crippen LogP contribution in [0.2, 0.25) is 0 Å². The fourth-order valence-electron chi connectivity index (χ4n) is 3.47. The summed E-state index contributed by atoms with van der Waals surface area (Å²) in [6.45, 7) is 8.46. The highest BCUT2D eigenvalue weighted by molar-refractivity contribution is 7.13. The van der Waals surface area contributed by atoms with Crippen molar-refractivity contribution in [2.24, 2.45) is 0 Å². The summed E-state index contributed by atoms with van der Waals surface area (Å²) in [6, 6.07) is 8.25. The first-order valence-electron chi connectivity index (χ1n) is 9.07. The summed E-state index contributed by atoms with van der Waals surface area (Å²) in [4.78, 5) is 17.7. The standard InChI is InChI=1S/C20H26N2O3S/c1-4-25-17-7-5-16(6-8-17)20(9-11-24-12-10-20)13-21-19(23)18-14(2)22-15(3)26-18/h5-8H,4,9-13H2,1-3H3,(H,21,23). The normalized spacial score (nSPS) is 16.3. The molecule has 140 valence electrons. The van der Waals surface area contributed by atoms with Crippen LogP contribution in [0, 0.1) is 13.8 Å². The number of nitrogens with one attached hydrogen (secondary N) is 1. The molecule has 0 unspecified atom stereocenters. The predicted molar refractivity (Wildman–Crippen MR) is 103 cm³/mol. The lowest BCUT2D eigenvalue weighted by molar-refractivity contribution is 0.0487. The largest absolute Gasteiger partial charge is 0.494 e. The molecule has 26 heavy (non-hydrogen) atoms. The van der Waals surface area contributed by atoms with Crippen LogP contribution in [-0.4, -0.2) is 37.3 Å². The van der Waals surface area contributed by atoms with Crippen LogP contribution in [0.25, 0.3) is 0 Å². The van der Waals surface area contributed by atoms with E-state index >= 15 is 0 Å². The van der Waals surface area contributed by atoms with Gasteiger partial charge in [0.05, 0.1) is 17.3 Å². The van der Waals surface area contributed by atoms with Crippen molar-refractivity contribution < 1.29 is 14.3 Å². The Hall–Kier alpha value is -1.92. The molecule has 2 aromatic rings. The van der Waals surface area contributed by atoms with Gasteiger partial charge >= 0.3 is 0 Å². The number of aryl methyl sites for hydroxylation is 2. The fourth-order valence-corrected chi connectivity index (χ4v) is 4.31. The molecule has 1 fully saturated rings. The molecule has 1 aromatic heterocycles. The molecule has 0 radical (unpaired) electrons. The number of hydrogen-bond donors (Lipinski definition) is 1. The van der Waals surface area contributed by atoms with Gasteiger partial charge in [-0.15, -0.1) is 11.3 Å². The quantitative estimate of drug-likeness (QED) is 0.839. The van der Waals surface area contributed by atoms with Crippen LogP contribution < -0.4 is 10.1 Å². The number of carbonyl (C=O) groups excluding carboxylic acids is 1. The van der Waals surface area contributed by atoms with E-state index in [1.807, 2.05) is 32.9 Å². The maximum absolute atomic E-state index is 12.6. The molecule has 3 rings (SSSR count). The number of hydrogen-bond acceptors (Lipinski definition) is 5. The van der Waals surface area contributed by atoms with Crippen LogP contribution in [0.1, 0.15) is 45.7 Å². The number of carbonyl (C=O) groups is 1. The third kappa shape index (κ3) is 4.07. The van der Waals surface area contributed by atoms with Crippen molar-refractivity contribution in [3.63, 3.8) is 0 Å². The number of benzene rings is 1. The summed E-state index contributed by atoms with van der Waals surface area (Å²) in [7, 11) is 0. The van der Waals surface area contributed by atoms with Gasteiger partial charge in [0.2, 0.25) is 0 Å². The Kier molecular flexibility index (Phi) is 5.94. The van der Waals surface area contributed by atoms with E-state index in [4.69, 9.17) is 9.47 Å². The molecule has 5 nitrogen and oxygen atoms in total. The zero-order chi connectivity index (χ0) is 18.6. The van der Waals surface area contributed by atoms with E-state index in [0.29, 0.717) is 31.2 Å². The molecule has 0 aliphatic carbocycles. The summed E-state index contributed by atoms with van der Waals surface area (Å²) in [6.07, 6.45) is 1.78. The summed E-state index contributed by atoms with van der Waals surface area (Å²) in [5.41, 5.74) is 1.92. The average molecular weight is 375 g/mol. The maximum atomic E-state index is 12.6. The number of thiazole rings is 1. The van der Waals surface area contributed by atoms with E-state index < -0.39 is 0 Å². The summed E-state index contributed by atoms with van der Waals surface area (Å²) >= 11 is 1.45. The Morgan fingerprint density at radius 1 is 1.27 bits per heavy atom. The number of nitrogens with zero attached hydrogens (tertiary/aromatic N) is 1. The highest BCUT2D eigenvalue weighted by Crippen LogP contribution is 2.35. The van der Waals surface area contributed by atoms with Crippen LogP contribution in [-0.2, 0) is 10.2 Å². The van der Waals surface area contributed by atoms with Gasteiger partial charge in [-0.3, -0.25) is 4.79 Å². The van der Waals surface area contributed by atoms with Crippen LogP contribution in [0.4, 0.5) is 0 Å². The molecule has 0 spiro atoms. The lowest BCUT2D eigenvalue weighted by atomic mass is 9.74. The first-order valence-corrected chi connectivity index (χ1v) is 9.89. The fraction of sp³-hybridized carbons (Fsp3) is 0.500. The Morgan fingerprint density at radius 3 is 2.54 bits per heavy atom. The smallest absolute Gasteiger partial charge is 0.263 e. The predicted octanol–water partition coefficient (Wildman–Crippen LogP) is 3.64. The minimum Gasteiger partial charge on any atom is -0.494 e. The molecule has 1 amide bonds. The van der Waals surface area contributed by atoms with Crippen molar-refractivity contribution in [2.75, 3.05) is 26.4 Å². The zero-order valence-corrected chi connectivity index (χ0v) is 16.4. The zero-order valence-electron chi connectivity index (χ0n) is 15.6. The van der Waals surface area contributed by atoms with Gasteiger partial charge in [0.15, 0.2) is 0 Å². The highest BCUT2D eigenvalue weighted by atomic mass is 32.1. The van der Waals surface area contributed by atoms with Gasteiger partial charge < -0.3 is 14.8 Å². The van der Waals surface area contributed by atoms with E-state index in [2.05, 4.69) is 22.4 Å². The lowest BCUT2D eigenvalue weighted by Gasteiger charge is -2.38. The molecular formula is C20H26N2O3S. The Labute approximate surface area is 158 Å². The van der Waals surface area contributed by atoms with Crippen LogP contribution in [0.5, 0.6) is 5.75 Å². The van der Waals surface area contributed by atoms with Crippen LogP contribution >= 0.6 is 11.3 Å². The second-order valence-electron chi connectivity index (χ2n) is 6.68. The summed E-state index contributed by atoms with van der Waals surface area (Å²) in [5, 5.41) is 4.06. The van der Waals surface area contributed by atoms with Crippen molar-refractivity contribution in [1.29, 1.82) is 0 Å². The Balaban J connectivity index is 1.77. The van der Waals surface area contributed by atoms with Crippen molar-refractivity contribution >= 4 is 17.2 Å². The minimum atomic E-state index is -0.105. The Morgan fingerprint density at radius 2 is 1.96 bits per heavy atom. The third-order valence-corrected chi connectivity index (χ3v) is 6.00. The van der Waals surface area contributed by atoms with E-state index in [9.17, 15) is 4.79 Å². The summed E-state index contributed by atoms with van der Waals surface area (Å²) < 4.78 is 11.1. The molecule has 1 N–H and O–H groups in total. The number of ether oxygens (including phenoxy) is 2. The van der Waals surface area contributed by atoms with E-state index in [1.165, 1.54) is 16.9 Å². The lowest BCUT2D eigenvalue weighted by Crippen LogP contribution is -2.44. The highest BCUT2D eigenvalue weighted by Gasteiger charge is 2.35.